The van der Waals surface area contributed by atoms with E-state index in [0.29, 0.717) is 11.3 Å². The number of rotatable bonds is 2. The second-order valence-electron chi connectivity index (χ2n) is 7.54. The molecule has 0 radical (unpaired) electrons. The zero-order valence-electron chi connectivity index (χ0n) is 16.6. The summed E-state index contributed by atoms with van der Waals surface area (Å²) in [6, 6.07) is 16.7. The number of anilines is 1. The Kier molecular flexibility index (Phi) is 5.43. The molecule has 0 aromatic heterocycles. The molecule has 1 aliphatic heterocycles. The summed E-state index contributed by atoms with van der Waals surface area (Å²) in [5, 5.41) is 2.89. The van der Waals surface area contributed by atoms with Crippen LogP contribution >= 0.6 is 15.9 Å². The van der Waals surface area contributed by atoms with Gasteiger partial charge in [-0.2, -0.15) is 0 Å². The highest BCUT2D eigenvalue weighted by Gasteiger charge is 2.34. The van der Waals surface area contributed by atoms with Gasteiger partial charge in [-0.15, -0.1) is 0 Å². The highest BCUT2D eigenvalue weighted by atomic mass is 79.9. The van der Waals surface area contributed by atoms with Gasteiger partial charge in [0.15, 0.2) is 0 Å². The summed E-state index contributed by atoms with van der Waals surface area (Å²) in [5.41, 5.74) is 4.59. The van der Waals surface area contributed by atoms with Crippen molar-refractivity contribution in [1.29, 1.82) is 0 Å². The molecule has 0 bridgehead atoms. The SMILES string of the molecule is Cc1cc(C)cc(C(=O)N2CC(=O)Nc3ccc(Br)cc3[C@H]2c2ccc(F)cc2)c1. The summed E-state index contributed by atoms with van der Waals surface area (Å²) in [7, 11) is 0. The molecule has 4 rings (SSSR count). The first-order valence-corrected chi connectivity index (χ1v) is 10.3. The molecule has 152 valence electrons. The summed E-state index contributed by atoms with van der Waals surface area (Å²) in [5.74, 6) is -0.886. The fourth-order valence-corrected chi connectivity index (χ4v) is 4.31. The van der Waals surface area contributed by atoms with Gasteiger partial charge < -0.3 is 10.2 Å². The molecule has 30 heavy (non-hydrogen) atoms. The van der Waals surface area contributed by atoms with Crippen molar-refractivity contribution < 1.29 is 14.0 Å². The number of halogens is 2. The maximum Gasteiger partial charge on any atom is 0.255 e. The number of nitrogens with zero attached hydrogens (tertiary/aromatic N) is 1. The van der Waals surface area contributed by atoms with Crippen LogP contribution in [0.4, 0.5) is 10.1 Å². The molecule has 0 unspecified atom stereocenters. The Labute approximate surface area is 182 Å². The number of nitrogens with one attached hydrogen (secondary N) is 1. The van der Waals surface area contributed by atoms with Crippen molar-refractivity contribution in [1.82, 2.24) is 4.90 Å². The average Bonchev–Trinajstić information content (AvgIpc) is 2.83. The summed E-state index contributed by atoms with van der Waals surface area (Å²) in [4.78, 5) is 27.8. The third-order valence-corrected chi connectivity index (χ3v) is 5.62. The highest BCUT2D eigenvalue weighted by Crippen LogP contribution is 2.38. The van der Waals surface area contributed by atoms with Crippen LogP contribution < -0.4 is 5.32 Å². The molecule has 0 saturated heterocycles. The Hall–Kier alpha value is -2.99. The lowest BCUT2D eigenvalue weighted by Crippen LogP contribution is -2.39. The van der Waals surface area contributed by atoms with Gasteiger partial charge in [-0.3, -0.25) is 9.59 Å². The van der Waals surface area contributed by atoms with Crippen LogP contribution in [0.3, 0.4) is 0 Å². The molecule has 0 aliphatic carbocycles. The van der Waals surface area contributed by atoms with Crippen LogP contribution in [0.15, 0.2) is 65.1 Å². The van der Waals surface area contributed by atoms with E-state index in [1.54, 1.807) is 23.1 Å². The van der Waals surface area contributed by atoms with Crippen molar-refractivity contribution >= 4 is 33.4 Å². The van der Waals surface area contributed by atoms with E-state index in [0.717, 1.165) is 26.7 Å². The summed E-state index contributed by atoms with van der Waals surface area (Å²) < 4.78 is 14.4. The first kappa shape index (κ1) is 20.3. The fourth-order valence-electron chi connectivity index (χ4n) is 3.93. The zero-order chi connectivity index (χ0) is 21.4. The van der Waals surface area contributed by atoms with E-state index in [1.807, 2.05) is 44.2 Å². The fraction of sp³-hybridized carbons (Fsp3) is 0.167. The quantitative estimate of drug-likeness (QED) is 0.550. The predicted molar refractivity (Wildman–Crippen MR) is 118 cm³/mol. The van der Waals surface area contributed by atoms with Crippen LogP contribution in [0, 0.1) is 19.7 Å². The van der Waals surface area contributed by atoms with E-state index in [-0.39, 0.29) is 24.2 Å². The van der Waals surface area contributed by atoms with Crippen molar-refractivity contribution in [3.05, 3.63) is 98.8 Å². The Bertz CT molecular complexity index is 1120. The van der Waals surface area contributed by atoms with Crippen molar-refractivity contribution in [3.63, 3.8) is 0 Å². The lowest BCUT2D eigenvalue weighted by molar-refractivity contribution is -0.117. The van der Waals surface area contributed by atoms with E-state index in [2.05, 4.69) is 21.2 Å². The Morgan fingerprint density at radius 3 is 2.37 bits per heavy atom. The first-order chi connectivity index (χ1) is 14.3. The Morgan fingerprint density at radius 1 is 1.03 bits per heavy atom. The molecule has 3 aromatic rings. The third-order valence-electron chi connectivity index (χ3n) is 5.12. The number of carbonyl (C=O) groups is 2. The van der Waals surface area contributed by atoms with E-state index in [4.69, 9.17) is 0 Å². The number of hydrogen-bond donors (Lipinski definition) is 1. The topological polar surface area (TPSA) is 49.4 Å². The van der Waals surface area contributed by atoms with Crippen LogP contribution in [-0.2, 0) is 4.79 Å². The standard InChI is InChI=1S/C24H20BrFN2O2/c1-14-9-15(2)11-17(10-14)24(30)28-13-22(29)27-21-8-5-18(25)12-20(21)23(28)16-3-6-19(26)7-4-16/h3-12,23H,13H2,1-2H3,(H,27,29)/t23-/m1/s1. The number of carbonyl (C=O) groups excluding carboxylic acids is 2. The minimum Gasteiger partial charge on any atom is -0.324 e. The van der Waals surface area contributed by atoms with E-state index in [1.165, 1.54) is 12.1 Å². The van der Waals surface area contributed by atoms with Gasteiger partial charge >= 0.3 is 0 Å². The van der Waals surface area contributed by atoms with Crippen molar-refractivity contribution in [3.8, 4) is 0 Å². The van der Waals surface area contributed by atoms with Crippen LogP contribution in [0.1, 0.15) is 38.7 Å². The van der Waals surface area contributed by atoms with Gasteiger partial charge in [0.2, 0.25) is 5.91 Å². The van der Waals surface area contributed by atoms with E-state index < -0.39 is 6.04 Å². The third kappa shape index (κ3) is 4.00. The Morgan fingerprint density at radius 2 is 1.70 bits per heavy atom. The largest absolute Gasteiger partial charge is 0.324 e. The van der Waals surface area contributed by atoms with Gasteiger partial charge in [0.1, 0.15) is 12.4 Å². The minimum absolute atomic E-state index is 0.111. The second-order valence-corrected chi connectivity index (χ2v) is 8.46. The average molecular weight is 467 g/mol. The highest BCUT2D eigenvalue weighted by molar-refractivity contribution is 9.10. The van der Waals surface area contributed by atoms with Crippen LogP contribution in [0.25, 0.3) is 0 Å². The molecule has 0 spiro atoms. The molecule has 0 saturated carbocycles. The van der Waals surface area contributed by atoms with E-state index >= 15 is 0 Å². The predicted octanol–water partition coefficient (Wildman–Crippen LogP) is 5.39. The van der Waals surface area contributed by atoms with Crippen molar-refractivity contribution in [2.45, 2.75) is 19.9 Å². The maximum absolute atomic E-state index is 13.6. The molecule has 1 N–H and O–H groups in total. The minimum atomic E-state index is -0.551. The van der Waals surface area contributed by atoms with Crippen molar-refractivity contribution in [2.75, 3.05) is 11.9 Å². The monoisotopic (exact) mass is 466 g/mol. The lowest BCUT2D eigenvalue weighted by atomic mass is 9.95. The number of aryl methyl sites for hydroxylation is 2. The van der Waals surface area contributed by atoms with Gasteiger partial charge in [0, 0.05) is 21.3 Å². The van der Waals surface area contributed by atoms with Gasteiger partial charge in [0.05, 0.1) is 6.04 Å². The molecule has 1 atom stereocenters. The Balaban J connectivity index is 1.90. The van der Waals surface area contributed by atoms with Crippen molar-refractivity contribution in [2.24, 2.45) is 0 Å². The first-order valence-electron chi connectivity index (χ1n) is 9.56. The number of amides is 2. The molecule has 6 heteroatoms. The maximum atomic E-state index is 13.6. The molecule has 3 aromatic carbocycles. The molecule has 0 fully saturated rings. The number of fused-ring (bicyclic) bond motifs is 1. The lowest BCUT2D eigenvalue weighted by Gasteiger charge is -2.31. The molecule has 4 nitrogen and oxygen atoms in total. The van der Waals surface area contributed by atoms with Gasteiger partial charge in [-0.1, -0.05) is 45.3 Å². The van der Waals surface area contributed by atoms with E-state index in [9.17, 15) is 14.0 Å². The number of hydrogen-bond acceptors (Lipinski definition) is 2. The summed E-state index contributed by atoms with van der Waals surface area (Å²) in [6.07, 6.45) is 0. The zero-order valence-corrected chi connectivity index (χ0v) is 18.2. The summed E-state index contributed by atoms with van der Waals surface area (Å²) >= 11 is 3.49. The summed E-state index contributed by atoms with van der Waals surface area (Å²) in [6.45, 7) is 3.76. The smallest absolute Gasteiger partial charge is 0.255 e. The van der Waals surface area contributed by atoms with Gasteiger partial charge in [0.25, 0.3) is 5.91 Å². The molecule has 1 aliphatic rings. The molecule has 1 heterocycles. The molecular formula is C24H20BrFN2O2. The molecule has 2 amide bonds. The van der Waals surface area contributed by atoms with Crippen LogP contribution in [0.2, 0.25) is 0 Å². The number of benzene rings is 3. The molecular weight excluding hydrogens is 447 g/mol. The normalized spacial score (nSPS) is 15.9. The van der Waals surface area contributed by atoms with Gasteiger partial charge in [-0.25, -0.2) is 4.39 Å². The van der Waals surface area contributed by atoms with Crippen LogP contribution in [0.5, 0.6) is 0 Å². The second kappa shape index (κ2) is 8.03. The van der Waals surface area contributed by atoms with Gasteiger partial charge in [-0.05, 0) is 61.9 Å². The van der Waals surface area contributed by atoms with Crippen LogP contribution in [-0.4, -0.2) is 23.3 Å².